The van der Waals surface area contributed by atoms with E-state index in [-0.39, 0.29) is 18.0 Å². The number of hydrogen-bond donors (Lipinski definition) is 2. The fraction of sp³-hybridized carbons (Fsp3) is 0.750. The van der Waals surface area contributed by atoms with Crippen molar-refractivity contribution in [3.05, 3.63) is 0 Å². The van der Waals surface area contributed by atoms with Crippen LogP contribution in [0.3, 0.4) is 0 Å². The number of primary amides is 1. The normalized spacial score (nSPS) is 18.4. The first-order valence-corrected chi connectivity index (χ1v) is 4.41. The van der Waals surface area contributed by atoms with Crippen LogP contribution < -0.4 is 11.1 Å². The van der Waals surface area contributed by atoms with Crippen molar-refractivity contribution in [1.29, 1.82) is 0 Å². The van der Waals surface area contributed by atoms with E-state index < -0.39 is 0 Å². The Bertz CT molecular complexity index is 209. The lowest BCUT2D eigenvalue weighted by molar-refractivity contribution is -0.119. The average molecular weight is 185 g/mol. The SMILES string of the molecule is CC(=O)NC1CCN(C(N)=O)CC1. The molecule has 1 aliphatic rings. The van der Waals surface area contributed by atoms with Crippen LogP contribution in [0.25, 0.3) is 0 Å². The standard InChI is InChI=1S/C8H15N3O2/c1-6(12)10-7-2-4-11(5-3-7)8(9)13/h7H,2-5H2,1H3,(H2,9,13)(H,10,12). The van der Waals surface area contributed by atoms with Crippen LogP contribution in [-0.4, -0.2) is 36.0 Å². The lowest BCUT2D eigenvalue weighted by atomic mass is 10.1. The Kier molecular flexibility index (Phi) is 3.11. The Morgan fingerprint density at radius 3 is 2.31 bits per heavy atom. The van der Waals surface area contributed by atoms with Crippen LogP contribution in [0.15, 0.2) is 0 Å². The molecular weight excluding hydrogens is 170 g/mol. The van der Waals surface area contributed by atoms with Gasteiger partial charge in [0.15, 0.2) is 0 Å². The summed E-state index contributed by atoms with van der Waals surface area (Å²) in [4.78, 5) is 23.1. The van der Waals surface area contributed by atoms with E-state index in [2.05, 4.69) is 5.32 Å². The molecule has 0 radical (unpaired) electrons. The fourth-order valence-electron chi connectivity index (χ4n) is 1.53. The number of carbonyl (C=O) groups is 2. The van der Waals surface area contributed by atoms with Gasteiger partial charge in [0.1, 0.15) is 0 Å². The quantitative estimate of drug-likeness (QED) is 0.586. The van der Waals surface area contributed by atoms with Crippen LogP contribution in [0.2, 0.25) is 0 Å². The van der Waals surface area contributed by atoms with E-state index in [4.69, 9.17) is 5.73 Å². The summed E-state index contributed by atoms with van der Waals surface area (Å²) in [5.41, 5.74) is 5.11. The van der Waals surface area contributed by atoms with Gasteiger partial charge >= 0.3 is 6.03 Å². The molecule has 3 amide bonds. The number of hydrogen-bond acceptors (Lipinski definition) is 2. The maximum absolute atomic E-state index is 10.7. The number of rotatable bonds is 1. The summed E-state index contributed by atoms with van der Waals surface area (Å²) < 4.78 is 0. The summed E-state index contributed by atoms with van der Waals surface area (Å²) >= 11 is 0. The molecule has 5 heteroatoms. The lowest BCUT2D eigenvalue weighted by Crippen LogP contribution is -2.47. The number of likely N-dealkylation sites (tertiary alicyclic amines) is 1. The second-order valence-corrected chi connectivity index (χ2v) is 3.30. The Hall–Kier alpha value is -1.26. The lowest BCUT2D eigenvalue weighted by Gasteiger charge is -2.30. The molecule has 3 N–H and O–H groups in total. The van der Waals surface area contributed by atoms with Crippen LogP contribution in [0.1, 0.15) is 19.8 Å². The van der Waals surface area contributed by atoms with Gasteiger partial charge in [-0.05, 0) is 12.8 Å². The third-order valence-corrected chi connectivity index (χ3v) is 2.21. The summed E-state index contributed by atoms with van der Waals surface area (Å²) in [6.07, 6.45) is 1.59. The van der Waals surface area contributed by atoms with Gasteiger partial charge in [-0.25, -0.2) is 4.79 Å². The van der Waals surface area contributed by atoms with Gasteiger partial charge in [0.25, 0.3) is 0 Å². The molecule has 1 aliphatic heterocycles. The number of nitrogens with one attached hydrogen (secondary N) is 1. The van der Waals surface area contributed by atoms with E-state index in [0.717, 1.165) is 12.8 Å². The highest BCUT2D eigenvalue weighted by atomic mass is 16.2. The monoisotopic (exact) mass is 185 g/mol. The smallest absolute Gasteiger partial charge is 0.314 e. The molecule has 1 fully saturated rings. The second kappa shape index (κ2) is 4.11. The van der Waals surface area contributed by atoms with Gasteiger partial charge in [-0.15, -0.1) is 0 Å². The molecule has 0 aliphatic carbocycles. The maximum atomic E-state index is 10.7. The summed E-state index contributed by atoms with van der Waals surface area (Å²) in [5, 5.41) is 2.82. The van der Waals surface area contributed by atoms with E-state index >= 15 is 0 Å². The first-order valence-electron chi connectivity index (χ1n) is 4.41. The minimum absolute atomic E-state index is 0.0162. The van der Waals surface area contributed by atoms with Gasteiger partial charge in [0, 0.05) is 26.1 Å². The van der Waals surface area contributed by atoms with Crippen molar-refractivity contribution in [3.63, 3.8) is 0 Å². The molecule has 13 heavy (non-hydrogen) atoms. The summed E-state index contributed by atoms with van der Waals surface area (Å²) in [5.74, 6) is -0.0162. The molecule has 0 aromatic rings. The third kappa shape index (κ3) is 2.93. The Labute approximate surface area is 77.3 Å². The minimum atomic E-state index is -0.374. The summed E-state index contributed by atoms with van der Waals surface area (Å²) in [6, 6.07) is -0.172. The topological polar surface area (TPSA) is 75.4 Å². The molecule has 0 saturated carbocycles. The Morgan fingerprint density at radius 2 is 1.92 bits per heavy atom. The largest absolute Gasteiger partial charge is 0.353 e. The minimum Gasteiger partial charge on any atom is -0.353 e. The first kappa shape index (κ1) is 9.83. The van der Waals surface area contributed by atoms with E-state index in [1.165, 1.54) is 6.92 Å². The van der Waals surface area contributed by atoms with Crippen molar-refractivity contribution in [2.45, 2.75) is 25.8 Å². The van der Waals surface area contributed by atoms with Crippen LogP contribution in [0.4, 0.5) is 4.79 Å². The van der Waals surface area contributed by atoms with Gasteiger partial charge in [0.05, 0.1) is 0 Å². The molecule has 74 valence electrons. The van der Waals surface area contributed by atoms with Crippen molar-refractivity contribution in [1.82, 2.24) is 10.2 Å². The third-order valence-electron chi connectivity index (χ3n) is 2.21. The van der Waals surface area contributed by atoms with Crippen molar-refractivity contribution in [2.24, 2.45) is 5.73 Å². The second-order valence-electron chi connectivity index (χ2n) is 3.30. The van der Waals surface area contributed by atoms with Crippen molar-refractivity contribution in [2.75, 3.05) is 13.1 Å². The molecule has 0 bridgehead atoms. The van der Waals surface area contributed by atoms with Gasteiger partial charge in [-0.3, -0.25) is 4.79 Å². The number of nitrogens with two attached hydrogens (primary N) is 1. The van der Waals surface area contributed by atoms with Gasteiger partial charge < -0.3 is 16.0 Å². The van der Waals surface area contributed by atoms with E-state index in [1.807, 2.05) is 0 Å². The predicted molar refractivity (Wildman–Crippen MR) is 48.0 cm³/mol. The molecule has 0 aromatic heterocycles. The van der Waals surface area contributed by atoms with Crippen LogP contribution in [0, 0.1) is 0 Å². The Balaban J connectivity index is 2.30. The van der Waals surface area contributed by atoms with E-state index in [1.54, 1.807) is 4.90 Å². The number of carbonyl (C=O) groups excluding carboxylic acids is 2. The zero-order valence-corrected chi connectivity index (χ0v) is 7.75. The molecule has 1 heterocycles. The number of amides is 3. The average Bonchev–Trinajstić information content (AvgIpc) is 2.04. The van der Waals surface area contributed by atoms with E-state index in [0.29, 0.717) is 13.1 Å². The molecule has 0 unspecified atom stereocenters. The van der Waals surface area contributed by atoms with Gasteiger partial charge in [-0.1, -0.05) is 0 Å². The summed E-state index contributed by atoms with van der Waals surface area (Å²) in [6.45, 7) is 2.78. The highest BCUT2D eigenvalue weighted by Gasteiger charge is 2.21. The van der Waals surface area contributed by atoms with Crippen LogP contribution >= 0.6 is 0 Å². The van der Waals surface area contributed by atoms with Crippen molar-refractivity contribution in [3.8, 4) is 0 Å². The maximum Gasteiger partial charge on any atom is 0.314 e. The van der Waals surface area contributed by atoms with Gasteiger partial charge in [0.2, 0.25) is 5.91 Å². The molecule has 0 spiro atoms. The van der Waals surface area contributed by atoms with Crippen LogP contribution in [0.5, 0.6) is 0 Å². The summed E-state index contributed by atoms with van der Waals surface area (Å²) in [7, 11) is 0. The molecular formula is C8H15N3O2. The molecule has 1 saturated heterocycles. The number of urea groups is 1. The predicted octanol–water partition coefficient (Wildman–Crippen LogP) is -0.334. The number of nitrogens with zero attached hydrogens (tertiary/aromatic N) is 1. The highest BCUT2D eigenvalue weighted by molar-refractivity contribution is 5.73. The molecule has 0 aromatic carbocycles. The fourth-order valence-corrected chi connectivity index (χ4v) is 1.53. The van der Waals surface area contributed by atoms with Crippen molar-refractivity contribution >= 4 is 11.9 Å². The van der Waals surface area contributed by atoms with Crippen molar-refractivity contribution < 1.29 is 9.59 Å². The first-order chi connectivity index (χ1) is 6.09. The zero-order valence-electron chi connectivity index (χ0n) is 7.75. The zero-order chi connectivity index (χ0) is 9.84. The van der Waals surface area contributed by atoms with Crippen LogP contribution in [-0.2, 0) is 4.79 Å². The molecule has 0 atom stereocenters. The molecule has 1 rings (SSSR count). The van der Waals surface area contributed by atoms with Gasteiger partial charge in [-0.2, -0.15) is 0 Å². The Morgan fingerprint density at radius 1 is 1.38 bits per heavy atom. The molecule has 5 nitrogen and oxygen atoms in total. The number of piperidine rings is 1. The highest BCUT2D eigenvalue weighted by Crippen LogP contribution is 2.09. The van der Waals surface area contributed by atoms with E-state index in [9.17, 15) is 9.59 Å².